The fourth-order valence-electron chi connectivity index (χ4n) is 4.16. The number of methoxy groups -OCH3 is 1. The number of rotatable bonds is 5. The molecule has 2 atom stereocenters. The number of amides is 1. The predicted octanol–water partition coefficient (Wildman–Crippen LogP) is 1.99. The van der Waals surface area contributed by atoms with E-state index in [1.165, 1.54) is 13.5 Å². The zero-order chi connectivity index (χ0) is 19.4. The Hall–Kier alpha value is -1.92. The molecule has 0 aliphatic carbocycles. The van der Waals surface area contributed by atoms with E-state index in [0.29, 0.717) is 30.6 Å². The van der Waals surface area contributed by atoms with Gasteiger partial charge in [0.15, 0.2) is 0 Å². The van der Waals surface area contributed by atoms with Crippen LogP contribution < -0.4 is 0 Å². The maximum Gasteiger partial charge on any atom is 0.337 e. The number of likely N-dealkylation sites (tertiary alicyclic amines) is 2. The van der Waals surface area contributed by atoms with Crippen LogP contribution in [0.3, 0.4) is 0 Å². The largest absolute Gasteiger partial charge is 0.465 e. The standard InChI is InChI=1S/C21H31N3O3/c1-22(2)19-11-12-23(15-19)18-8-9-20(25)24(13-10-18)14-16-4-6-17(7-5-16)21(26)27-3/h4-7,18-19H,8-15H2,1-3H3. The van der Waals surface area contributed by atoms with E-state index in [4.69, 9.17) is 4.74 Å². The van der Waals surface area contributed by atoms with E-state index < -0.39 is 0 Å². The van der Waals surface area contributed by atoms with Crippen LogP contribution in [0.5, 0.6) is 0 Å². The van der Waals surface area contributed by atoms with Gasteiger partial charge >= 0.3 is 5.97 Å². The van der Waals surface area contributed by atoms with E-state index in [-0.39, 0.29) is 11.9 Å². The molecule has 6 heteroatoms. The summed E-state index contributed by atoms with van der Waals surface area (Å²) in [7, 11) is 5.68. The van der Waals surface area contributed by atoms with Gasteiger partial charge < -0.3 is 14.5 Å². The summed E-state index contributed by atoms with van der Waals surface area (Å²) in [5.74, 6) is -0.102. The molecular formula is C21H31N3O3. The third-order valence-electron chi connectivity index (χ3n) is 5.97. The van der Waals surface area contributed by atoms with Gasteiger partial charge in [0.05, 0.1) is 12.7 Å². The van der Waals surface area contributed by atoms with E-state index in [1.54, 1.807) is 12.1 Å². The number of esters is 1. The minimum Gasteiger partial charge on any atom is -0.465 e. The SMILES string of the molecule is COC(=O)c1ccc(CN2CCC(N3CCC(N(C)C)C3)CCC2=O)cc1. The minimum atomic E-state index is -0.336. The van der Waals surface area contributed by atoms with Crippen molar-refractivity contribution in [3.8, 4) is 0 Å². The van der Waals surface area contributed by atoms with Gasteiger partial charge in [-0.15, -0.1) is 0 Å². The molecule has 0 N–H and O–H groups in total. The van der Waals surface area contributed by atoms with Crippen molar-refractivity contribution in [3.63, 3.8) is 0 Å². The Morgan fingerprint density at radius 2 is 1.89 bits per heavy atom. The molecule has 0 aromatic heterocycles. The van der Waals surface area contributed by atoms with Crippen LogP contribution in [0.25, 0.3) is 0 Å². The van der Waals surface area contributed by atoms with Crippen LogP contribution in [-0.4, -0.2) is 79.5 Å². The lowest BCUT2D eigenvalue weighted by atomic mass is 10.1. The van der Waals surface area contributed by atoms with Gasteiger partial charge in [-0.25, -0.2) is 4.79 Å². The number of hydrogen-bond acceptors (Lipinski definition) is 5. The van der Waals surface area contributed by atoms with Crippen LogP contribution in [0.1, 0.15) is 41.6 Å². The van der Waals surface area contributed by atoms with Gasteiger partial charge in [-0.1, -0.05) is 12.1 Å². The first kappa shape index (κ1) is 19.8. The molecule has 1 aromatic carbocycles. The number of hydrogen-bond donors (Lipinski definition) is 0. The first-order valence-electron chi connectivity index (χ1n) is 9.83. The van der Waals surface area contributed by atoms with Gasteiger partial charge in [-0.2, -0.15) is 0 Å². The monoisotopic (exact) mass is 373 g/mol. The lowest BCUT2D eigenvalue weighted by Crippen LogP contribution is -2.37. The summed E-state index contributed by atoms with van der Waals surface area (Å²) in [6, 6.07) is 8.48. The molecule has 2 unspecified atom stereocenters. The van der Waals surface area contributed by atoms with Crippen LogP contribution in [0.15, 0.2) is 24.3 Å². The summed E-state index contributed by atoms with van der Waals surface area (Å²) < 4.78 is 4.73. The van der Waals surface area contributed by atoms with Gasteiger partial charge in [0.2, 0.25) is 5.91 Å². The molecule has 2 heterocycles. The molecule has 1 amide bonds. The lowest BCUT2D eigenvalue weighted by molar-refractivity contribution is -0.131. The number of nitrogens with zero attached hydrogens (tertiary/aromatic N) is 3. The lowest BCUT2D eigenvalue weighted by Gasteiger charge is -2.28. The minimum absolute atomic E-state index is 0.234. The molecule has 0 spiro atoms. The quantitative estimate of drug-likeness (QED) is 0.739. The fourth-order valence-corrected chi connectivity index (χ4v) is 4.16. The van der Waals surface area contributed by atoms with E-state index >= 15 is 0 Å². The predicted molar refractivity (Wildman–Crippen MR) is 105 cm³/mol. The van der Waals surface area contributed by atoms with Crippen molar-refractivity contribution in [1.82, 2.24) is 14.7 Å². The Kier molecular flexibility index (Phi) is 6.50. The third-order valence-corrected chi connectivity index (χ3v) is 5.97. The zero-order valence-corrected chi connectivity index (χ0v) is 16.7. The van der Waals surface area contributed by atoms with Crippen molar-refractivity contribution >= 4 is 11.9 Å². The first-order valence-corrected chi connectivity index (χ1v) is 9.83. The van der Waals surface area contributed by atoms with Gasteiger partial charge in [0, 0.05) is 44.7 Å². The highest BCUT2D eigenvalue weighted by Crippen LogP contribution is 2.24. The second-order valence-corrected chi connectivity index (χ2v) is 7.89. The Morgan fingerprint density at radius 1 is 1.15 bits per heavy atom. The number of carbonyl (C=O) groups is 2. The molecule has 2 aliphatic heterocycles. The van der Waals surface area contributed by atoms with Crippen molar-refractivity contribution in [2.45, 2.75) is 44.3 Å². The number of likely N-dealkylation sites (N-methyl/N-ethyl adjacent to an activating group) is 1. The topological polar surface area (TPSA) is 53.1 Å². The fraction of sp³-hybridized carbons (Fsp3) is 0.619. The number of carbonyl (C=O) groups excluding carboxylic acids is 2. The van der Waals surface area contributed by atoms with Gasteiger partial charge in [0.25, 0.3) is 0 Å². The molecule has 2 saturated heterocycles. The Bertz CT molecular complexity index is 659. The summed E-state index contributed by atoms with van der Waals surface area (Å²) in [6.07, 6.45) is 3.82. The maximum atomic E-state index is 12.6. The molecule has 3 rings (SSSR count). The van der Waals surface area contributed by atoms with Crippen molar-refractivity contribution in [3.05, 3.63) is 35.4 Å². The van der Waals surface area contributed by atoms with Crippen LogP contribution in [0.2, 0.25) is 0 Å². The molecule has 0 saturated carbocycles. The molecule has 0 bridgehead atoms. The van der Waals surface area contributed by atoms with Gasteiger partial charge in [-0.3, -0.25) is 9.69 Å². The maximum absolute atomic E-state index is 12.6. The van der Waals surface area contributed by atoms with Crippen LogP contribution in [0.4, 0.5) is 0 Å². The summed E-state index contributed by atoms with van der Waals surface area (Å²) >= 11 is 0. The van der Waals surface area contributed by atoms with Crippen molar-refractivity contribution in [2.24, 2.45) is 0 Å². The normalized spacial score (nSPS) is 24.3. The van der Waals surface area contributed by atoms with Crippen LogP contribution in [0, 0.1) is 0 Å². The molecule has 1 aromatic rings. The second kappa shape index (κ2) is 8.85. The average Bonchev–Trinajstić information content (AvgIpc) is 3.10. The highest BCUT2D eigenvalue weighted by molar-refractivity contribution is 5.89. The molecular weight excluding hydrogens is 342 g/mol. The second-order valence-electron chi connectivity index (χ2n) is 7.89. The van der Waals surface area contributed by atoms with Gasteiger partial charge in [-0.05, 0) is 51.1 Å². The molecule has 148 valence electrons. The zero-order valence-electron chi connectivity index (χ0n) is 16.7. The summed E-state index contributed by atoms with van der Waals surface area (Å²) in [5, 5.41) is 0. The summed E-state index contributed by atoms with van der Waals surface area (Å²) in [5.41, 5.74) is 1.58. The van der Waals surface area contributed by atoms with Crippen molar-refractivity contribution in [2.75, 3.05) is 40.8 Å². The van der Waals surface area contributed by atoms with Gasteiger partial charge in [0.1, 0.15) is 0 Å². The highest BCUT2D eigenvalue weighted by atomic mass is 16.5. The molecule has 0 radical (unpaired) electrons. The smallest absolute Gasteiger partial charge is 0.337 e. The van der Waals surface area contributed by atoms with E-state index in [9.17, 15) is 9.59 Å². The van der Waals surface area contributed by atoms with Crippen LogP contribution >= 0.6 is 0 Å². The van der Waals surface area contributed by atoms with Crippen LogP contribution in [-0.2, 0) is 16.1 Å². The van der Waals surface area contributed by atoms with E-state index in [2.05, 4.69) is 23.9 Å². The van der Waals surface area contributed by atoms with Crippen molar-refractivity contribution < 1.29 is 14.3 Å². The number of ether oxygens (including phenoxy) is 1. The molecule has 27 heavy (non-hydrogen) atoms. The highest BCUT2D eigenvalue weighted by Gasteiger charge is 2.32. The number of benzene rings is 1. The molecule has 2 aliphatic rings. The van der Waals surface area contributed by atoms with E-state index in [0.717, 1.165) is 38.0 Å². The molecule has 2 fully saturated rings. The summed E-state index contributed by atoms with van der Waals surface area (Å²) in [4.78, 5) is 31.0. The molecule has 6 nitrogen and oxygen atoms in total. The Morgan fingerprint density at radius 3 is 2.52 bits per heavy atom. The first-order chi connectivity index (χ1) is 13.0. The summed E-state index contributed by atoms with van der Waals surface area (Å²) in [6.45, 7) is 3.65. The van der Waals surface area contributed by atoms with Crippen molar-refractivity contribution in [1.29, 1.82) is 0 Å². The average molecular weight is 373 g/mol. The Labute approximate surface area is 162 Å². The van der Waals surface area contributed by atoms with E-state index in [1.807, 2.05) is 17.0 Å². The third kappa shape index (κ3) is 4.87. The Balaban J connectivity index is 1.57.